The van der Waals surface area contributed by atoms with Crippen molar-refractivity contribution in [3.8, 4) is 22.3 Å². The maximum absolute atomic E-state index is 5.96. The molecule has 0 spiro atoms. The van der Waals surface area contributed by atoms with E-state index in [2.05, 4.69) is 60.7 Å². The van der Waals surface area contributed by atoms with Crippen molar-refractivity contribution < 1.29 is 0 Å². The Labute approximate surface area is 175 Å². The molecule has 0 radical (unpaired) electrons. The van der Waals surface area contributed by atoms with Crippen LogP contribution in [0.15, 0.2) is 97.1 Å². The molecule has 0 saturated heterocycles. The fourth-order valence-electron chi connectivity index (χ4n) is 3.05. The van der Waals surface area contributed by atoms with Crippen LogP contribution in [0.1, 0.15) is 11.1 Å². The van der Waals surface area contributed by atoms with Crippen LogP contribution in [0.25, 0.3) is 34.4 Å². The predicted octanol–water partition coefficient (Wildman–Crippen LogP) is 8.50. The largest absolute Gasteiger partial charge is 0.0843 e. The van der Waals surface area contributed by atoms with Gasteiger partial charge in [-0.1, -0.05) is 108 Å². The van der Waals surface area contributed by atoms with Crippen LogP contribution in [-0.2, 0) is 0 Å². The first kappa shape index (κ1) is 18.6. The second-order valence-electron chi connectivity index (χ2n) is 6.59. The van der Waals surface area contributed by atoms with E-state index in [9.17, 15) is 0 Å². The quantitative estimate of drug-likeness (QED) is 0.301. The summed E-state index contributed by atoms with van der Waals surface area (Å²) < 4.78 is 0. The van der Waals surface area contributed by atoms with Gasteiger partial charge >= 0.3 is 0 Å². The second kappa shape index (κ2) is 8.48. The van der Waals surface area contributed by atoms with Crippen LogP contribution in [0, 0.1) is 0 Å². The molecule has 4 aromatic carbocycles. The maximum Gasteiger partial charge on any atom is 0.0406 e. The van der Waals surface area contributed by atoms with Gasteiger partial charge in [0.1, 0.15) is 0 Å². The lowest BCUT2D eigenvalue weighted by molar-refractivity contribution is 1.59. The molecule has 0 unspecified atom stereocenters. The van der Waals surface area contributed by atoms with Gasteiger partial charge in [-0.05, 0) is 57.6 Å². The van der Waals surface area contributed by atoms with E-state index in [4.69, 9.17) is 23.2 Å². The van der Waals surface area contributed by atoms with Gasteiger partial charge in [-0.25, -0.2) is 0 Å². The van der Waals surface area contributed by atoms with Crippen LogP contribution in [-0.4, -0.2) is 0 Å². The Balaban J connectivity index is 1.46. The third kappa shape index (κ3) is 4.54. The Morgan fingerprint density at radius 1 is 0.357 bits per heavy atom. The first-order valence-corrected chi connectivity index (χ1v) is 9.83. The van der Waals surface area contributed by atoms with E-state index in [1.807, 2.05) is 48.5 Å². The zero-order chi connectivity index (χ0) is 19.3. The summed E-state index contributed by atoms with van der Waals surface area (Å²) in [5.41, 5.74) is 7.02. The number of hydrogen-bond donors (Lipinski definition) is 0. The van der Waals surface area contributed by atoms with Gasteiger partial charge in [0.2, 0.25) is 0 Å². The smallest absolute Gasteiger partial charge is 0.0406 e. The minimum absolute atomic E-state index is 0.755. The zero-order valence-electron chi connectivity index (χ0n) is 15.1. The highest BCUT2D eigenvalue weighted by molar-refractivity contribution is 6.30. The van der Waals surface area contributed by atoms with Crippen molar-refractivity contribution in [3.05, 3.63) is 118 Å². The van der Waals surface area contributed by atoms with Crippen molar-refractivity contribution >= 4 is 35.4 Å². The molecule has 0 amide bonds. The van der Waals surface area contributed by atoms with Crippen molar-refractivity contribution in [3.63, 3.8) is 0 Å². The van der Waals surface area contributed by atoms with E-state index in [-0.39, 0.29) is 0 Å². The summed E-state index contributed by atoms with van der Waals surface area (Å²) in [5.74, 6) is 0. The topological polar surface area (TPSA) is 0 Å². The highest BCUT2D eigenvalue weighted by Crippen LogP contribution is 2.24. The van der Waals surface area contributed by atoms with Gasteiger partial charge < -0.3 is 0 Å². The van der Waals surface area contributed by atoms with Crippen molar-refractivity contribution in [1.82, 2.24) is 0 Å². The van der Waals surface area contributed by atoms with E-state index in [1.165, 1.54) is 22.3 Å². The summed E-state index contributed by atoms with van der Waals surface area (Å²) in [5, 5.41) is 1.51. The number of halogens is 2. The molecule has 136 valence electrons. The van der Waals surface area contributed by atoms with Crippen molar-refractivity contribution in [2.75, 3.05) is 0 Å². The SMILES string of the molecule is Clc1ccc(-c2ccc(C=Cc3ccc(-c4ccc(Cl)cc4)cc3)cc2)cc1. The molecule has 0 aliphatic carbocycles. The van der Waals surface area contributed by atoms with E-state index in [0.29, 0.717) is 0 Å². The van der Waals surface area contributed by atoms with Gasteiger partial charge in [0.05, 0.1) is 0 Å². The Hall–Kier alpha value is -2.80. The molecule has 0 bridgehead atoms. The van der Waals surface area contributed by atoms with Crippen LogP contribution >= 0.6 is 23.2 Å². The highest BCUT2D eigenvalue weighted by Gasteiger charge is 1.99. The van der Waals surface area contributed by atoms with Crippen LogP contribution in [0.3, 0.4) is 0 Å². The van der Waals surface area contributed by atoms with Crippen LogP contribution in [0.5, 0.6) is 0 Å². The first-order chi connectivity index (χ1) is 13.7. The lowest BCUT2D eigenvalue weighted by Gasteiger charge is -2.03. The fourth-order valence-corrected chi connectivity index (χ4v) is 3.30. The normalized spacial score (nSPS) is 11.1. The van der Waals surface area contributed by atoms with Gasteiger partial charge in [-0.2, -0.15) is 0 Å². The summed E-state index contributed by atoms with van der Waals surface area (Å²) >= 11 is 11.9. The highest BCUT2D eigenvalue weighted by atomic mass is 35.5. The minimum Gasteiger partial charge on any atom is -0.0843 e. The molecule has 4 rings (SSSR count). The molecule has 0 saturated carbocycles. The van der Waals surface area contributed by atoms with Gasteiger partial charge in [0, 0.05) is 10.0 Å². The minimum atomic E-state index is 0.755. The molecule has 0 aliphatic heterocycles. The molecule has 0 fully saturated rings. The summed E-state index contributed by atoms with van der Waals surface area (Å²) in [4.78, 5) is 0. The van der Waals surface area contributed by atoms with Gasteiger partial charge in [0.25, 0.3) is 0 Å². The molecule has 28 heavy (non-hydrogen) atoms. The Morgan fingerprint density at radius 2 is 0.607 bits per heavy atom. The molecule has 4 aromatic rings. The zero-order valence-corrected chi connectivity index (χ0v) is 16.7. The molecule has 0 N–H and O–H groups in total. The maximum atomic E-state index is 5.96. The number of benzene rings is 4. The molecule has 0 aliphatic rings. The summed E-state index contributed by atoms with van der Waals surface area (Å²) in [7, 11) is 0. The van der Waals surface area contributed by atoms with Crippen LogP contribution < -0.4 is 0 Å². The molecular weight excluding hydrogens is 383 g/mol. The molecule has 2 heteroatoms. The van der Waals surface area contributed by atoms with E-state index in [1.54, 1.807) is 0 Å². The second-order valence-corrected chi connectivity index (χ2v) is 7.46. The molecule has 0 heterocycles. The van der Waals surface area contributed by atoms with Gasteiger partial charge in [0.15, 0.2) is 0 Å². The van der Waals surface area contributed by atoms with E-state index in [0.717, 1.165) is 21.2 Å². The molecule has 0 aromatic heterocycles. The number of hydrogen-bond acceptors (Lipinski definition) is 0. The van der Waals surface area contributed by atoms with Crippen molar-refractivity contribution in [1.29, 1.82) is 0 Å². The van der Waals surface area contributed by atoms with Crippen LogP contribution in [0.4, 0.5) is 0 Å². The number of rotatable bonds is 4. The van der Waals surface area contributed by atoms with Gasteiger partial charge in [-0.3, -0.25) is 0 Å². The van der Waals surface area contributed by atoms with E-state index < -0.39 is 0 Å². The third-order valence-electron chi connectivity index (χ3n) is 4.64. The monoisotopic (exact) mass is 400 g/mol. The standard InChI is InChI=1S/C26H18Cl2/c27-25-15-11-23(12-16-25)21-7-3-19(4-8-21)1-2-20-5-9-22(10-6-20)24-13-17-26(28)18-14-24/h1-18H. The van der Waals surface area contributed by atoms with Crippen LogP contribution in [0.2, 0.25) is 10.0 Å². The summed E-state index contributed by atoms with van der Waals surface area (Å²) in [6.45, 7) is 0. The first-order valence-electron chi connectivity index (χ1n) is 9.07. The third-order valence-corrected chi connectivity index (χ3v) is 5.15. The molecule has 0 nitrogen and oxygen atoms in total. The Bertz CT molecular complexity index is 982. The van der Waals surface area contributed by atoms with E-state index >= 15 is 0 Å². The molecule has 0 atom stereocenters. The average Bonchev–Trinajstić information content (AvgIpc) is 2.74. The Kier molecular flexibility index (Phi) is 5.62. The van der Waals surface area contributed by atoms with Crippen molar-refractivity contribution in [2.45, 2.75) is 0 Å². The van der Waals surface area contributed by atoms with Crippen molar-refractivity contribution in [2.24, 2.45) is 0 Å². The lowest BCUT2D eigenvalue weighted by atomic mass is 10.0. The van der Waals surface area contributed by atoms with Gasteiger partial charge in [-0.15, -0.1) is 0 Å². The Morgan fingerprint density at radius 3 is 0.893 bits per heavy atom. The fraction of sp³-hybridized carbons (Fsp3) is 0. The average molecular weight is 401 g/mol. The summed E-state index contributed by atoms with van der Waals surface area (Å²) in [6, 6.07) is 32.8. The summed E-state index contributed by atoms with van der Waals surface area (Å²) in [6.07, 6.45) is 4.26. The predicted molar refractivity (Wildman–Crippen MR) is 123 cm³/mol. The molecular formula is C26H18Cl2. The lowest BCUT2D eigenvalue weighted by Crippen LogP contribution is -1.79.